The topological polar surface area (TPSA) is 151 Å². The Hall–Kier alpha value is -4.46. The van der Waals surface area contributed by atoms with Gasteiger partial charge in [-0.3, -0.25) is 15.4 Å². The maximum absolute atomic E-state index is 7.63. The fourth-order valence-corrected chi connectivity index (χ4v) is 3.19. The summed E-state index contributed by atoms with van der Waals surface area (Å²) < 4.78 is 0. The van der Waals surface area contributed by atoms with Crippen LogP contribution in [0.4, 0.5) is 11.4 Å². The molecule has 0 aromatic heterocycles. The van der Waals surface area contributed by atoms with Crippen LogP contribution in [0, 0.1) is 5.41 Å². The van der Waals surface area contributed by atoms with E-state index in [9.17, 15) is 0 Å². The molecule has 0 radical (unpaired) electrons. The number of hydrogen-bond donors (Lipinski definition) is 5. The normalized spacial score (nSPS) is 12.5. The number of nitrogen functional groups attached to an aromatic ring is 1. The van der Waals surface area contributed by atoms with E-state index < -0.39 is 0 Å². The highest BCUT2D eigenvalue weighted by molar-refractivity contribution is 6.10. The summed E-state index contributed by atoms with van der Waals surface area (Å²) in [7, 11) is 0. The van der Waals surface area contributed by atoms with Crippen LogP contribution in [0.5, 0.6) is 0 Å². The molecule has 34 heavy (non-hydrogen) atoms. The number of rotatable bonds is 8. The van der Waals surface area contributed by atoms with Gasteiger partial charge in [0.15, 0.2) is 0 Å². The summed E-state index contributed by atoms with van der Waals surface area (Å²) in [4.78, 5) is 13.3. The Morgan fingerprint density at radius 2 is 1.12 bits per heavy atom. The molecule has 3 aromatic rings. The Morgan fingerprint density at radius 1 is 0.676 bits per heavy atom. The standard InChI is InChI=1S/C26H30N8/c1-3-31-24(29)18-9-13-21(14-10-18)33-26(20-7-5-17(6-8-20)23(27)28)34-22-15-11-19(12-16-22)25(30)32-4-2/h5-16H,3-4H2,1-2H3,(H3,27,28)(H2,29,31)(H2,30,32)(H,33,34). The van der Waals surface area contributed by atoms with E-state index in [1.165, 1.54) is 0 Å². The Bertz CT molecular complexity index is 1210. The van der Waals surface area contributed by atoms with Gasteiger partial charge in [-0.1, -0.05) is 24.3 Å². The molecule has 3 aromatic carbocycles. The van der Waals surface area contributed by atoms with Crippen LogP contribution in [-0.4, -0.2) is 36.4 Å². The molecule has 174 valence electrons. The summed E-state index contributed by atoms with van der Waals surface area (Å²) in [5.41, 5.74) is 22.4. The number of anilines is 1. The lowest BCUT2D eigenvalue weighted by Crippen LogP contribution is -2.16. The van der Waals surface area contributed by atoms with E-state index in [1.807, 2.05) is 74.5 Å². The zero-order valence-electron chi connectivity index (χ0n) is 19.4. The first kappa shape index (κ1) is 24.2. The van der Waals surface area contributed by atoms with Crippen molar-refractivity contribution in [2.24, 2.45) is 32.2 Å². The molecule has 0 fully saturated rings. The molecule has 0 heterocycles. The highest BCUT2D eigenvalue weighted by atomic mass is 15.0. The van der Waals surface area contributed by atoms with Gasteiger partial charge in [0.05, 0.1) is 5.69 Å². The number of hydrogen-bond acceptors (Lipinski definition) is 4. The molecule has 8 N–H and O–H groups in total. The number of nitrogens with zero attached hydrogens (tertiary/aromatic N) is 3. The van der Waals surface area contributed by atoms with Crippen LogP contribution < -0.4 is 22.5 Å². The van der Waals surface area contributed by atoms with Gasteiger partial charge in [-0.15, -0.1) is 0 Å². The minimum absolute atomic E-state index is 0.0156. The summed E-state index contributed by atoms with van der Waals surface area (Å²) in [5.74, 6) is 1.67. The first-order chi connectivity index (χ1) is 16.4. The Morgan fingerprint density at radius 3 is 1.59 bits per heavy atom. The molecule has 8 nitrogen and oxygen atoms in total. The smallest absolute Gasteiger partial charge is 0.138 e. The van der Waals surface area contributed by atoms with Gasteiger partial charge in [0, 0.05) is 41.0 Å². The number of benzene rings is 3. The SMILES string of the molecule is CCN=C(N)c1ccc(N=C(Nc2ccc(C(N)=NCC)cc2)c2ccc(C(=N)N)cc2)cc1. The maximum atomic E-state index is 7.63. The molecule has 8 heteroatoms. The fourth-order valence-electron chi connectivity index (χ4n) is 3.19. The largest absolute Gasteiger partial charge is 0.384 e. The molecule has 0 amide bonds. The summed E-state index contributed by atoms with van der Waals surface area (Å²) in [5, 5.41) is 11.0. The molecular weight excluding hydrogens is 424 g/mol. The minimum atomic E-state index is 0.0156. The Kier molecular flexibility index (Phi) is 8.12. The van der Waals surface area contributed by atoms with Crippen LogP contribution in [0.2, 0.25) is 0 Å². The van der Waals surface area contributed by atoms with Crippen molar-refractivity contribution in [3.63, 3.8) is 0 Å². The minimum Gasteiger partial charge on any atom is -0.384 e. The molecule has 0 aliphatic rings. The Balaban J connectivity index is 1.95. The molecule has 0 saturated heterocycles. The molecule has 0 atom stereocenters. The van der Waals surface area contributed by atoms with E-state index in [-0.39, 0.29) is 5.84 Å². The second kappa shape index (κ2) is 11.4. The van der Waals surface area contributed by atoms with E-state index in [2.05, 4.69) is 15.3 Å². The number of aliphatic imine (C=N–C) groups is 3. The van der Waals surface area contributed by atoms with Gasteiger partial charge in [-0.2, -0.15) is 0 Å². The first-order valence-electron chi connectivity index (χ1n) is 11.0. The molecule has 0 bridgehead atoms. The number of nitrogens with two attached hydrogens (primary N) is 3. The lowest BCUT2D eigenvalue weighted by atomic mass is 10.1. The quantitative estimate of drug-likeness (QED) is 0.261. The van der Waals surface area contributed by atoms with E-state index >= 15 is 0 Å². The molecule has 0 spiro atoms. The second-order valence-corrected chi connectivity index (χ2v) is 7.42. The van der Waals surface area contributed by atoms with Crippen molar-refractivity contribution >= 4 is 34.7 Å². The molecular formula is C26H30N8. The summed E-state index contributed by atoms with van der Waals surface area (Å²) >= 11 is 0. The third-order valence-electron chi connectivity index (χ3n) is 4.97. The van der Waals surface area contributed by atoms with Crippen molar-refractivity contribution in [2.45, 2.75) is 13.8 Å². The lowest BCUT2D eigenvalue weighted by Gasteiger charge is -2.12. The monoisotopic (exact) mass is 454 g/mol. The van der Waals surface area contributed by atoms with Gasteiger partial charge in [0.1, 0.15) is 23.3 Å². The third kappa shape index (κ3) is 6.29. The van der Waals surface area contributed by atoms with Crippen molar-refractivity contribution in [3.05, 3.63) is 95.1 Å². The first-order valence-corrected chi connectivity index (χ1v) is 11.0. The lowest BCUT2D eigenvalue weighted by molar-refractivity contribution is 1.12. The molecule has 0 aliphatic carbocycles. The average molecular weight is 455 g/mol. The molecule has 0 unspecified atom stereocenters. The summed E-state index contributed by atoms with van der Waals surface area (Å²) in [6.07, 6.45) is 0. The van der Waals surface area contributed by atoms with Crippen molar-refractivity contribution in [1.82, 2.24) is 0 Å². The van der Waals surface area contributed by atoms with E-state index in [0.717, 1.165) is 28.1 Å². The predicted octanol–water partition coefficient (Wildman–Crippen LogP) is 3.61. The predicted molar refractivity (Wildman–Crippen MR) is 143 cm³/mol. The van der Waals surface area contributed by atoms with Gasteiger partial charge in [0.2, 0.25) is 0 Å². The van der Waals surface area contributed by atoms with Crippen molar-refractivity contribution in [1.29, 1.82) is 5.41 Å². The van der Waals surface area contributed by atoms with E-state index in [4.69, 9.17) is 27.6 Å². The number of nitrogens with one attached hydrogen (secondary N) is 2. The Labute approximate surface area is 199 Å². The van der Waals surface area contributed by atoms with E-state index in [1.54, 1.807) is 12.1 Å². The van der Waals surface area contributed by atoms with Gasteiger partial charge < -0.3 is 22.5 Å². The third-order valence-corrected chi connectivity index (χ3v) is 4.97. The van der Waals surface area contributed by atoms with Crippen LogP contribution in [0.25, 0.3) is 0 Å². The van der Waals surface area contributed by atoms with E-state index in [0.29, 0.717) is 36.2 Å². The highest BCUT2D eigenvalue weighted by Crippen LogP contribution is 2.18. The van der Waals surface area contributed by atoms with Crippen molar-refractivity contribution in [3.8, 4) is 0 Å². The van der Waals surface area contributed by atoms with Gasteiger partial charge in [-0.05, 0) is 62.4 Å². The zero-order valence-corrected chi connectivity index (χ0v) is 19.4. The zero-order chi connectivity index (χ0) is 24.5. The maximum Gasteiger partial charge on any atom is 0.138 e. The van der Waals surface area contributed by atoms with Crippen LogP contribution in [-0.2, 0) is 0 Å². The van der Waals surface area contributed by atoms with Crippen LogP contribution >= 0.6 is 0 Å². The second-order valence-electron chi connectivity index (χ2n) is 7.42. The molecule has 0 saturated carbocycles. The van der Waals surface area contributed by atoms with Gasteiger partial charge in [-0.25, -0.2) is 4.99 Å². The molecule has 3 rings (SSSR count). The highest BCUT2D eigenvalue weighted by Gasteiger charge is 2.08. The van der Waals surface area contributed by atoms with Crippen LogP contribution in [0.3, 0.4) is 0 Å². The van der Waals surface area contributed by atoms with Gasteiger partial charge >= 0.3 is 0 Å². The van der Waals surface area contributed by atoms with Crippen LogP contribution in [0.1, 0.15) is 36.1 Å². The van der Waals surface area contributed by atoms with Gasteiger partial charge in [0.25, 0.3) is 0 Å². The van der Waals surface area contributed by atoms with Crippen LogP contribution in [0.15, 0.2) is 87.8 Å². The molecule has 0 aliphatic heterocycles. The summed E-state index contributed by atoms with van der Waals surface area (Å²) in [6, 6.07) is 22.6. The fraction of sp³-hybridized carbons (Fsp3) is 0.154. The van der Waals surface area contributed by atoms with Crippen molar-refractivity contribution in [2.75, 3.05) is 18.4 Å². The van der Waals surface area contributed by atoms with Crippen molar-refractivity contribution < 1.29 is 0 Å². The average Bonchev–Trinajstić information content (AvgIpc) is 2.85. The number of amidine groups is 4. The summed E-state index contributed by atoms with van der Waals surface area (Å²) in [6.45, 7) is 5.15.